The number of non-ortho nitro benzene ring substituents is 1. The summed E-state index contributed by atoms with van der Waals surface area (Å²) in [5, 5.41) is 22.3. The molecular formula is C14H16N2O5. The summed E-state index contributed by atoms with van der Waals surface area (Å²) in [6.45, 7) is 0. The highest BCUT2D eigenvalue weighted by atomic mass is 16.6. The van der Waals surface area contributed by atoms with Gasteiger partial charge in [0.05, 0.1) is 10.8 Å². The van der Waals surface area contributed by atoms with Gasteiger partial charge in [0, 0.05) is 23.7 Å². The van der Waals surface area contributed by atoms with Gasteiger partial charge in [-0.3, -0.25) is 19.7 Å². The van der Waals surface area contributed by atoms with Crippen LogP contribution in [0.1, 0.15) is 25.7 Å². The van der Waals surface area contributed by atoms with Crippen LogP contribution in [0.4, 0.5) is 11.4 Å². The molecule has 1 aliphatic carbocycles. The number of nitro benzene ring substituents is 1. The number of carbonyl (C=O) groups is 2. The molecular weight excluding hydrogens is 276 g/mol. The molecule has 0 aliphatic heterocycles. The van der Waals surface area contributed by atoms with E-state index in [1.54, 1.807) is 6.07 Å². The molecule has 2 N–H and O–H groups in total. The van der Waals surface area contributed by atoms with Crippen LogP contribution in [0, 0.1) is 22.0 Å². The van der Waals surface area contributed by atoms with Gasteiger partial charge in [0.15, 0.2) is 0 Å². The number of nitrogens with zero attached hydrogens (tertiary/aromatic N) is 1. The van der Waals surface area contributed by atoms with Crippen LogP contribution in [0.3, 0.4) is 0 Å². The Morgan fingerprint density at radius 1 is 1.19 bits per heavy atom. The van der Waals surface area contributed by atoms with E-state index in [0.29, 0.717) is 31.4 Å². The molecule has 1 fully saturated rings. The van der Waals surface area contributed by atoms with Crippen molar-refractivity contribution in [2.75, 3.05) is 5.32 Å². The SMILES string of the molecule is O=C(O)C1CCC(C(=O)Nc2cccc([N+](=O)[O-])c2)CC1. The highest BCUT2D eigenvalue weighted by Gasteiger charge is 2.29. The highest BCUT2D eigenvalue weighted by molar-refractivity contribution is 5.93. The summed E-state index contributed by atoms with van der Waals surface area (Å²) < 4.78 is 0. The fraction of sp³-hybridized carbons (Fsp3) is 0.429. The summed E-state index contributed by atoms with van der Waals surface area (Å²) in [6.07, 6.45) is 2.03. The quantitative estimate of drug-likeness (QED) is 0.654. The van der Waals surface area contributed by atoms with E-state index in [0.717, 1.165) is 0 Å². The topological polar surface area (TPSA) is 110 Å². The van der Waals surface area contributed by atoms with Gasteiger partial charge in [-0.25, -0.2) is 0 Å². The third-order valence-corrected chi connectivity index (χ3v) is 3.77. The fourth-order valence-electron chi connectivity index (χ4n) is 2.54. The molecule has 21 heavy (non-hydrogen) atoms. The van der Waals surface area contributed by atoms with Crippen LogP contribution in [0.25, 0.3) is 0 Å². The standard InChI is InChI=1S/C14H16N2O5/c17-13(9-4-6-10(7-5-9)14(18)19)15-11-2-1-3-12(8-11)16(20)21/h1-3,8-10H,4-7H2,(H,15,17)(H,18,19). The molecule has 0 bridgehead atoms. The van der Waals surface area contributed by atoms with Gasteiger partial charge in [0.2, 0.25) is 5.91 Å². The van der Waals surface area contributed by atoms with Crippen molar-refractivity contribution in [3.8, 4) is 0 Å². The highest BCUT2D eigenvalue weighted by Crippen LogP contribution is 2.30. The van der Waals surface area contributed by atoms with E-state index in [9.17, 15) is 19.7 Å². The van der Waals surface area contributed by atoms with Gasteiger partial charge in [-0.1, -0.05) is 6.07 Å². The number of aliphatic carboxylic acids is 1. The summed E-state index contributed by atoms with van der Waals surface area (Å²) in [6, 6.07) is 5.76. The monoisotopic (exact) mass is 292 g/mol. The minimum absolute atomic E-state index is 0.0811. The van der Waals surface area contributed by atoms with Crippen molar-refractivity contribution in [2.45, 2.75) is 25.7 Å². The molecule has 0 unspecified atom stereocenters. The van der Waals surface area contributed by atoms with E-state index < -0.39 is 10.9 Å². The lowest BCUT2D eigenvalue weighted by Gasteiger charge is -2.25. The molecule has 1 saturated carbocycles. The van der Waals surface area contributed by atoms with E-state index in [1.807, 2.05) is 0 Å². The van der Waals surface area contributed by atoms with Gasteiger partial charge in [-0.2, -0.15) is 0 Å². The number of carboxylic acid groups (broad SMARTS) is 1. The maximum Gasteiger partial charge on any atom is 0.306 e. The summed E-state index contributed by atoms with van der Waals surface area (Å²) in [5.74, 6) is -1.63. The Kier molecular flexibility index (Phi) is 4.52. The van der Waals surface area contributed by atoms with Crippen LogP contribution < -0.4 is 5.32 Å². The lowest BCUT2D eigenvalue weighted by Crippen LogP contribution is -2.29. The number of carbonyl (C=O) groups excluding carboxylic acids is 1. The lowest BCUT2D eigenvalue weighted by atomic mass is 9.81. The molecule has 1 aliphatic rings. The van der Waals surface area contributed by atoms with Crippen LogP contribution in [-0.4, -0.2) is 21.9 Å². The first-order valence-electron chi connectivity index (χ1n) is 6.75. The van der Waals surface area contributed by atoms with E-state index in [1.165, 1.54) is 18.2 Å². The van der Waals surface area contributed by atoms with Gasteiger partial charge in [0.1, 0.15) is 0 Å². The number of nitrogens with one attached hydrogen (secondary N) is 1. The Bertz CT molecular complexity index is 564. The Hall–Kier alpha value is -2.44. The first kappa shape index (κ1) is 15.0. The Labute approximate surface area is 121 Å². The molecule has 0 spiro atoms. The van der Waals surface area contributed by atoms with Crippen LogP contribution in [-0.2, 0) is 9.59 Å². The summed E-state index contributed by atoms with van der Waals surface area (Å²) in [7, 11) is 0. The molecule has 0 saturated heterocycles. The summed E-state index contributed by atoms with van der Waals surface area (Å²) >= 11 is 0. The second-order valence-corrected chi connectivity index (χ2v) is 5.18. The third-order valence-electron chi connectivity index (χ3n) is 3.77. The molecule has 112 valence electrons. The van der Waals surface area contributed by atoms with Crippen molar-refractivity contribution in [1.82, 2.24) is 0 Å². The number of anilines is 1. The minimum atomic E-state index is -0.812. The summed E-state index contributed by atoms with van der Waals surface area (Å²) in [4.78, 5) is 33.1. The van der Waals surface area contributed by atoms with Crippen molar-refractivity contribution in [3.05, 3.63) is 34.4 Å². The number of nitro groups is 1. The molecule has 1 aromatic carbocycles. The predicted molar refractivity (Wildman–Crippen MR) is 74.8 cm³/mol. The smallest absolute Gasteiger partial charge is 0.306 e. The van der Waals surface area contributed by atoms with E-state index in [-0.39, 0.29) is 23.4 Å². The molecule has 2 rings (SSSR count). The molecule has 7 heteroatoms. The van der Waals surface area contributed by atoms with Gasteiger partial charge in [0.25, 0.3) is 5.69 Å². The Morgan fingerprint density at radius 2 is 1.81 bits per heavy atom. The maximum atomic E-state index is 12.1. The molecule has 1 amide bonds. The van der Waals surface area contributed by atoms with Gasteiger partial charge in [-0.15, -0.1) is 0 Å². The predicted octanol–water partition coefficient (Wildman–Crippen LogP) is 2.42. The number of hydrogen-bond donors (Lipinski definition) is 2. The largest absolute Gasteiger partial charge is 0.481 e. The molecule has 0 radical (unpaired) electrons. The zero-order valence-electron chi connectivity index (χ0n) is 11.3. The van der Waals surface area contributed by atoms with Crippen molar-refractivity contribution in [1.29, 1.82) is 0 Å². The van der Waals surface area contributed by atoms with Crippen LogP contribution in [0.2, 0.25) is 0 Å². The lowest BCUT2D eigenvalue weighted by molar-refractivity contribution is -0.384. The zero-order chi connectivity index (χ0) is 15.4. The normalized spacial score (nSPS) is 21.5. The molecule has 7 nitrogen and oxygen atoms in total. The molecule has 0 heterocycles. The number of carboxylic acids is 1. The van der Waals surface area contributed by atoms with E-state index >= 15 is 0 Å². The summed E-state index contributed by atoms with van der Waals surface area (Å²) in [5.41, 5.74) is 0.303. The van der Waals surface area contributed by atoms with Crippen LogP contribution >= 0.6 is 0 Å². The van der Waals surface area contributed by atoms with Crippen molar-refractivity contribution in [2.24, 2.45) is 11.8 Å². The Balaban J connectivity index is 1.95. The third kappa shape index (κ3) is 3.77. The number of rotatable bonds is 4. The number of amides is 1. The fourth-order valence-corrected chi connectivity index (χ4v) is 2.54. The van der Waals surface area contributed by atoms with Gasteiger partial charge < -0.3 is 10.4 Å². The first-order valence-corrected chi connectivity index (χ1v) is 6.75. The van der Waals surface area contributed by atoms with Crippen molar-refractivity contribution >= 4 is 23.3 Å². The van der Waals surface area contributed by atoms with E-state index in [4.69, 9.17) is 5.11 Å². The van der Waals surface area contributed by atoms with Gasteiger partial charge >= 0.3 is 5.97 Å². The van der Waals surface area contributed by atoms with Gasteiger partial charge in [-0.05, 0) is 31.7 Å². The Morgan fingerprint density at radius 3 is 2.38 bits per heavy atom. The molecule has 1 aromatic rings. The van der Waals surface area contributed by atoms with Crippen molar-refractivity contribution in [3.63, 3.8) is 0 Å². The average Bonchev–Trinajstić information content (AvgIpc) is 2.47. The zero-order valence-corrected chi connectivity index (χ0v) is 11.3. The second-order valence-electron chi connectivity index (χ2n) is 5.18. The molecule has 0 aromatic heterocycles. The number of hydrogen-bond acceptors (Lipinski definition) is 4. The second kappa shape index (κ2) is 6.34. The maximum absolute atomic E-state index is 12.1. The van der Waals surface area contributed by atoms with Crippen LogP contribution in [0.15, 0.2) is 24.3 Å². The van der Waals surface area contributed by atoms with Crippen molar-refractivity contribution < 1.29 is 19.6 Å². The van der Waals surface area contributed by atoms with E-state index in [2.05, 4.69) is 5.32 Å². The minimum Gasteiger partial charge on any atom is -0.481 e. The first-order chi connectivity index (χ1) is 9.97. The average molecular weight is 292 g/mol. The number of benzene rings is 1. The molecule has 0 atom stereocenters. The van der Waals surface area contributed by atoms with Crippen LogP contribution in [0.5, 0.6) is 0 Å².